The van der Waals surface area contributed by atoms with E-state index in [-0.39, 0.29) is 10.9 Å². The summed E-state index contributed by atoms with van der Waals surface area (Å²) < 4.78 is 34.0. The number of nitrogens with zero attached hydrogens (tertiary/aromatic N) is 5. The molecule has 2 aromatic heterocycles. The average molecular weight is 590 g/mol. The van der Waals surface area contributed by atoms with Crippen molar-refractivity contribution in [1.29, 1.82) is 0 Å². The fourth-order valence-electron chi connectivity index (χ4n) is 5.01. The van der Waals surface area contributed by atoms with Crippen molar-refractivity contribution in [2.45, 2.75) is 76.4 Å². The first kappa shape index (κ1) is 28.9. The Labute approximate surface area is 234 Å². The highest BCUT2D eigenvalue weighted by Gasteiger charge is 2.56. The van der Waals surface area contributed by atoms with Gasteiger partial charge in [0.2, 0.25) is 11.7 Å². The topological polar surface area (TPSA) is 140 Å². The predicted molar refractivity (Wildman–Crippen MR) is 148 cm³/mol. The molecule has 1 aromatic carbocycles. The number of aryl methyl sites for hydroxylation is 1. The van der Waals surface area contributed by atoms with Gasteiger partial charge in [-0.1, -0.05) is 44.0 Å². The molecule has 12 nitrogen and oxygen atoms in total. The van der Waals surface area contributed by atoms with Crippen molar-refractivity contribution in [3.05, 3.63) is 48.5 Å². The van der Waals surface area contributed by atoms with E-state index in [4.69, 9.17) is 13.7 Å². The van der Waals surface area contributed by atoms with Crippen LogP contribution in [0.25, 0.3) is 11.2 Å². The molecular weight excluding hydrogens is 553 g/mol. The number of benzene rings is 1. The van der Waals surface area contributed by atoms with Crippen LogP contribution in [0.1, 0.15) is 43.8 Å². The standard InChI is InChI=1S/C26H35N5O7PSi/c1-26(2,3)40(4,5)38-21-20(37-39(34)35)18(14-32)36-25(21)31-16-29-12-9-13-30(22-19(29)23(31)28-15-27-22)24(33)17-10-7-6-8-11-17/h6-8,10-11,15-16,18,20-21,25,32H,9,12-14H2,1-5H3/q+1/p+1/t18-,20-,21-,25-/m1/s1. The van der Waals surface area contributed by atoms with Gasteiger partial charge in [-0.25, -0.2) is 4.57 Å². The highest BCUT2D eigenvalue weighted by atomic mass is 31.1. The third kappa shape index (κ3) is 5.23. The SMILES string of the molecule is CC(C)(C)[Si](C)(C)O[C@@H]1[C@H](O[P+](=O)O)[C@@H](CO)O[C@H]1[n+]1cn2c3c(ncnc31)N(C(=O)c1ccccc1)CCC2. The number of ether oxygens (including phenoxy) is 1. The maximum absolute atomic E-state index is 13.5. The summed E-state index contributed by atoms with van der Waals surface area (Å²) in [4.78, 5) is 33.9. The number of imidazole rings is 1. The Kier molecular flexibility index (Phi) is 7.92. The summed E-state index contributed by atoms with van der Waals surface area (Å²) in [5.41, 5.74) is 1.74. The lowest BCUT2D eigenvalue weighted by molar-refractivity contribution is -0.745. The molecule has 214 valence electrons. The number of anilines is 1. The quantitative estimate of drug-likeness (QED) is 0.242. The predicted octanol–water partition coefficient (Wildman–Crippen LogP) is 3.08. The van der Waals surface area contributed by atoms with E-state index < -0.39 is 47.7 Å². The van der Waals surface area contributed by atoms with E-state index in [9.17, 15) is 19.4 Å². The molecule has 5 rings (SSSR count). The number of amides is 1. The molecule has 40 heavy (non-hydrogen) atoms. The van der Waals surface area contributed by atoms with Crippen LogP contribution in [0.5, 0.6) is 0 Å². The number of carbonyl (C=O) groups excluding carboxylic acids is 1. The molecule has 0 radical (unpaired) electrons. The Morgan fingerprint density at radius 3 is 2.58 bits per heavy atom. The molecular formula is C26H36N5O7PSi+2. The van der Waals surface area contributed by atoms with E-state index in [2.05, 4.69) is 43.8 Å². The summed E-state index contributed by atoms with van der Waals surface area (Å²) in [5.74, 6) is 0.332. The summed E-state index contributed by atoms with van der Waals surface area (Å²) in [5, 5.41) is 9.97. The lowest BCUT2D eigenvalue weighted by Gasteiger charge is -2.39. The minimum absolute atomic E-state index is 0.154. The van der Waals surface area contributed by atoms with Gasteiger partial charge in [0.1, 0.15) is 12.2 Å². The first-order chi connectivity index (χ1) is 18.9. The number of aromatic nitrogens is 4. The number of aliphatic hydroxyl groups excluding tert-OH is 1. The average Bonchev–Trinajstić information content (AvgIpc) is 3.36. The van der Waals surface area contributed by atoms with Gasteiger partial charge in [-0.3, -0.25) is 14.3 Å². The van der Waals surface area contributed by atoms with Gasteiger partial charge in [-0.2, -0.15) is 4.98 Å². The molecule has 0 bridgehead atoms. The van der Waals surface area contributed by atoms with Crippen LogP contribution in [0.3, 0.4) is 0 Å². The Morgan fingerprint density at radius 1 is 1.20 bits per heavy atom. The fourth-order valence-corrected chi connectivity index (χ4v) is 6.76. The van der Waals surface area contributed by atoms with Crippen molar-refractivity contribution in [2.75, 3.05) is 18.1 Å². The fraction of sp³-hybridized carbons (Fsp3) is 0.538. The van der Waals surface area contributed by atoms with Crippen LogP contribution in [-0.2, 0) is 24.8 Å². The van der Waals surface area contributed by atoms with Gasteiger partial charge in [-0.15, -0.1) is 9.42 Å². The van der Waals surface area contributed by atoms with Crippen molar-refractivity contribution >= 4 is 39.5 Å². The summed E-state index contributed by atoms with van der Waals surface area (Å²) in [6.45, 7) is 11.1. The van der Waals surface area contributed by atoms with Crippen LogP contribution in [0, 0.1) is 0 Å². The molecule has 0 spiro atoms. The van der Waals surface area contributed by atoms with E-state index in [0.717, 1.165) is 0 Å². The molecule has 1 unspecified atom stereocenters. The lowest BCUT2D eigenvalue weighted by atomic mass is 10.1. The second-order valence-corrected chi connectivity index (χ2v) is 17.1. The van der Waals surface area contributed by atoms with Crippen LogP contribution in [0.2, 0.25) is 18.1 Å². The molecule has 2 aliphatic rings. The van der Waals surface area contributed by atoms with Gasteiger partial charge in [-0.05, 0) is 36.7 Å². The number of carbonyl (C=O) groups is 1. The number of hydrogen-bond donors (Lipinski definition) is 2. The van der Waals surface area contributed by atoms with Crippen molar-refractivity contribution in [3.63, 3.8) is 0 Å². The van der Waals surface area contributed by atoms with E-state index in [1.54, 1.807) is 21.6 Å². The third-order valence-corrected chi connectivity index (χ3v) is 13.0. The summed E-state index contributed by atoms with van der Waals surface area (Å²) in [6.07, 6.45) is 0.421. The molecule has 1 saturated heterocycles. The first-order valence-corrected chi connectivity index (χ1v) is 17.4. The molecule has 2 N–H and O–H groups in total. The first-order valence-electron chi connectivity index (χ1n) is 13.3. The molecule has 2 aliphatic heterocycles. The Bertz CT molecular complexity index is 1410. The monoisotopic (exact) mass is 589 g/mol. The van der Waals surface area contributed by atoms with Crippen LogP contribution < -0.4 is 9.47 Å². The van der Waals surface area contributed by atoms with Crippen molar-refractivity contribution in [1.82, 2.24) is 14.5 Å². The molecule has 5 atom stereocenters. The summed E-state index contributed by atoms with van der Waals surface area (Å²) >= 11 is 0. The largest absolute Gasteiger partial charge is 0.695 e. The van der Waals surface area contributed by atoms with Crippen LogP contribution >= 0.6 is 8.25 Å². The van der Waals surface area contributed by atoms with Crippen LogP contribution in [0.4, 0.5) is 5.82 Å². The van der Waals surface area contributed by atoms with Gasteiger partial charge in [0.25, 0.3) is 5.91 Å². The number of aliphatic hydroxyl groups is 1. The Hall–Kier alpha value is -2.64. The highest BCUT2D eigenvalue weighted by molar-refractivity contribution is 7.32. The van der Waals surface area contributed by atoms with Gasteiger partial charge < -0.3 is 14.3 Å². The second kappa shape index (κ2) is 11.0. The van der Waals surface area contributed by atoms with Gasteiger partial charge in [0, 0.05) is 16.7 Å². The summed E-state index contributed by atoms with van der Waals surface area (Å²) in [6, 6.07) is 9.08. The van der Waals surface area contributed by atoms with Crippen molar-refractivity contribution < 1.29 is 37.6 Å². The van der Waals surface area contributed by atoms with Crippen molar-refractivity contribution in [3.8, 4) is 0 Å². The van der Waals surface area contributed by atoms with Gasteiger partial charge >= 0.3 is 13.9 Å². The van der Waals surface area contributed by atoms with Gasteiger partial charge in [0.05, 0.1) is 13.2 Å². The molecule has 4 heterocycles. The molecule has 0 saturated carbocycles. The normalized spacial score (nSPS) is 23.9. The third-order valence-electron chi connectivity index (χ3n) is 8.07. The highest BCUT2D eigenvalue weighted by Crippen LogP contribution is 2.43. The number of rotatable bonds is 7. The molecule has 3 aromatic rings. The molecule has 1 amide bonds. The van der Waals surface area contributed by atoms with Gasteiger partial charge in [0.15, 0.2) is 32.9 Å². The van der Waals surface area contributed by atoms with E-state index in [1.807, 2.05) is 29.1 Å². The minimum atomic E-state index is -2.98. The lowest BCUT2D eigenvalue weighted by Crippen LogP contribution is -2.53. The minimum Gasteiger partial charge on any atom is -0.405 e. The Morgan fingerprint density at radius 2 is 1.93 bits per heavy atom. The van der Waals surface area contributed by atoms with Crippen molar-refractivity contribution in [2.24, 2.45) is 0 Å². The van der Waals surface area contributed by atoms with Crippen LogP contribution in [0.15, 0.2) is 43.0 Å². The molecule has 14 heteroatoms. The van der Waals surface area contributed by atoms with E-state index in [0.29, 0.717) is 42.1 Å². The zero-order valence-electron chi connectivity index (χ0n) is 23.3. The molecule has 0 aliphatic carbocycles. The maximum Gasteiger partial charge on any atom is 0.695 e. The maximum atomic E-state index is 13.5. The zero-order chi connectivity index (χ0) is 28.8. The van der Waals surface area contributed by atoms with Crippen LogP contribution in [-0.4, -0.2) is 70.2 Å². The molecule has 1 fully saturated rings. The zero-order valence-corrected chi connectivity index (χ0v) is 25.2. The smallest absolute Gasteiger partial charge is 0.405 e. The Balaban J connectivity index is 1.61. The van der Waals surface area contributed by atoms with E-state index >= 15 is 0 Å². The number of hydrogen-bond acceptors (Lipinski definition) is 8. The van der Waals surface area contributed by atoms with E-state index in [1.165, 1.54) is 6.33 Å². The second-order valence-electron chi connectivity index (χ2n) is 11.7. The summed E-state index contributed by atoms with van der Waals surface area (Å²) in [7, 11) is -5.43.